The van der Waals surface area contributed by atoms with Crippen LogP contribution in [0.15, 0.2) is 76.8 Å². The lowest BCUT2D eigenvalue weighted by Crippen LogP contribution is -2.24. The van der Waals surface area contributed by atoms with Gasteiger partial charge in [0.2, 0.25) is 5.43 Å². The van der Waals surface area contributed by atoms with Gasteiger partial charge in [0.1, 0.15) is 0 Å². The molecule has 0 saturated carbocycles. The number of nitrogens with zero attached hydrogens (tertiary/aromatic N) is 3. The molecular formula is C20H14ClN3O3. The fraction of sp³-hybridized carbons (Fsp3) is 0.0500. The van der Waals surface area contributed by atoms with E-state index in [2.05, 4.69) is 4.98 Å². The SMILES string of the molecule is O=c1c(-c2ccccn2)cn2ccn(Cc3cccc(Cl)c3)c(=O)c2c1O. The lowest BCUT2D eigenvalue weighted by atomic mass is 10.1. The first-order chi connectivity index (χ1) is 13.0. The van der Waals surface area contributed by atoms with E-state index in [0.717, 1.165) is 5.56 Å². The molecule has 27 heavy (non-hydrogen) atoms. The van der Waals surface area contributed by atoms with Gasteiger partial charge in [-0.3, -0.25) is 14.6 Å². The van der Waals surface area contributed by atoms with Crippen LogP contribution in [-0.4, -0.2) is 19.1 Å². The van der Waals surface area contributed by atoms with Crippen molar-refractivity contribution in [2.24, 2.45) is 0 Å². The molecule has 3 heterocycles. The quantitative estimate of drug-likeness (QED) is 0.593. The Morgan fingerprint density at radius 3 is 2.67 bits per heavy atom. The van der Waals surface area contributed by atoms with Crippen molar-refractivity contribution in [2.45, 2.75) is 6.54 Å². The van der Waals surface area contributed by atoms with Gasteiger partial charge in [-0.1, -0.05) is 29.8 Å². The summed E-state index contributed by atoms with van der Waals surface area (Å²) in [6.45, 7) is 0.269. The second-order valence-electron chi connectivity index (χ2n) is 6.05. The van der Waals surface area contributed by atoms with Crippen molar-refractivity contribution in [3.05, 3.63) is 98.4 Å². The molecule has 0 amide bonds. The van der Waals surface area contributed by atoms with Gasteiger partial charge in [-0.15, -0.1) is 0 Å². The van der Waals surface area contributed by atoms with E-state index in [9.17, 15) is 14.7 Å². The van der Waals surface area contributed by atoms with Crippen molar-refractivity contribution < 1.29 is 5.11 Å². The van der Waals surface area contributed by atoms with Gasteiger partial charge in [-0.2, -0.15) is 0 Å². The fourth-order valence-corrected chi connectivity index (χ4v) is 3.18. The molecule has 0 saturated heterocycles. The number of fused-ring (bicyclic) bond motifs is 1. The predicted octanol–water partition coefficient (Wildman–Crippen LogP) is 2.93. The van der Waals surface area contributed by atoms with E-state index in [1.165, 1.54) is 15.2 Å². The zero-order chi connectivity index (χ0) is 19.0. The van der Waals surface area contributed by atoms with Crippen LogP contribution in [0.2, 0.25) is 5.02 Å². The molecule has 0 radical (unpaired) electrons. The topological polar surface area (TPSA) is 76.6 Å². The molecule has 7 heteroatoms. The van der Waals surface area contributed by atoms with Crippen molar-refractivity contribution in [1.29, 1.82) is 0 Å². The average molecular weight is 380 g/mol. The van der Waals surface area contributed by atoms with Gasteiger partial charge >= 0.3 is 0 Å². The summed E-state index contributed by atoms with van der Waals surface area (Å²) >= 11 is 5.99. The van der Waals surface area contributed by atoms with Crippen LogP contribution in [-0.2, 0) is 6.54 Å². The van der Waals surface area contributed by atoms with Gasteiger partial charge in [0, 0.05) is 29.8 Å². The largest absolute Gasteiger partial charge is 0.503 e. The molecule has 3 aromatic heterocycles. The van der Waals surface area contributed by atoms with E-state index in [1.54, 1.807) is 55.0 Å². The number of halogens is 1. The Morgan fingerprint density at radius 2 is 1.93 bits per heavy atom. The van der Waals surface area contributed by atoms with E-state index in [-0.39, 0.29) is 17.6 Å². The summed E-state index contributed by atoms with van der Waals surface area (Å²) in [4.78, 5) is 29.6. The molecule has 4 aromatic rings. The number of aromatic hydroxyl groups is 1. The van der Waals surface area contributed by atoms with Gasteiger partial charge in [-0.25, -0.2) is 0 Å². The highest BCUT2D eigenvalue weighted by atomic mass is 35.5. The van der Waals surface area contributed by atoms with Crippen molar-refractivity contribution in [3.63, 3.8) is 0 Å². The standard InChI is InChI=1S/C20H14ClN3O3/c21-14-5-3-4-13(10-14)11-24-9-8-23-12-15(16-6-1-2-7-22-16)18(25)19(26)17(23)20(24)27/h1-10,12,26H,11H2. The summed E-state index contributed by atoms with van der Waals surface area (Å²) in [5.41, 5.74) is 0.295. The highest BCUT2D eigenvalue weighted by Gasteiger charge is 2.16. The highest BCUT2D eigenvalue weighted by molar-refractivity contribution is 6.30. The van der Waals surface area contributed by atoms with Gasteiger partial charge in [0.05, 0.1) is 17.8 Å². The molecule has 134 valence electrons. The minimum atomic E-state index is -0.633. The van der Waals surface area contributed by atoms with Crippen LogP contribution in [0.25, 0.3) is 16.8 Å². The van der Waals surface area contributed by atoms with Gasteiger partial charge in [0.15, 0.2) is 11.3 Å². The lowest BCUT2D eigenvalue weighted by molar-refractivity contribution is 0.472. The Balaban J connectivity index is 1.88. The van der Waals surface area contributed by atoms with Crippen LogP contribution in [0, 0.1) is 0 Å². The first-order valence-corrected chi connectivity index (χ1v) is 8.55. The summed E-state index contributed by atoms with van der Waals surface area (Å²) in [5.74, 6) is -0.594. The number of benzene rings is 1. The van der Waals surface area contributed by atoms with Crippen molar-refractivity contribution in [2.75, 3.05) is 0 Å². The number of hydrogen-bond donors (Lipinski definition) is 1. The minimum absolute atomic E-state index is 0.0794. The smallest absolute Gasteiger partial charge is 0.279 e. The van der Waals surface area contributed by atoms with E-state index >= 15 is 0 Å². The Bertz CT molecular complexity index is 1260. The molecule has 0 fully saturated rings. The van der Waals surface area contributed by atoms with Crippen molar-refractivity contribution in [3.8, 4) is 17.0 Å². The van der Waals surface area contributed by atoms with Gasteiger partial charge in [0.25, 0.3) is 5.56 Å². The molecule has 0 aliphatic heterocycles. The number of hydrogen-bond acceptors (Lipinski definition) is 4. The van der Waals surface area contributed by atoms with Crippen LogP contribution in [0.1, 0.15) is 5.56 Å². The molecule has 6 nitrogen and oxygen atoms in total. The first-order valence-electron chi connectivity index (χ1n) is 8.18. The maximum Gasteiger partial charge on any atom is 0.279 e. The Hall–Kier alpha value is -3.38. The van der Waals surface area contributed by atoms with E-state index < -0.39 is 16.7 Å². The summed E-state index contributed by atoms with van der Waals surface area (Å²) in [6, 6.07) is 12.3. The van der Waals surface area contributed by atoms with Crippen LogP contribution in [0.5, 0.6) is 5.75 Å². The van der Waals surface area contributed by atoms with Gasteiger partial charge < -0.3 is 14.1 Å². The lowest BCUT2D eigenvalue weighted by Gasteiger charge is -2.11. The van der Waals surface area contributed by atoms with E-state index in [0.29, 0.717) is 10.7 Å². The summed E-state index contributed by atoms with van der Waals surface area (Å²) in [6.07, 6.45) is 6.28. The van der Waals surface area contributed by atoms with Gasteiger partial charge in [-0.05, 0) is 29.8 Å². The molecule has 4 rings (SSSR count). The Labute approximate surface area is 158 Å². The van der Waals surface area contributed by atoms with E-state index in [4.69, 9.17) is 11.6 Å². The monoisotopic (exact) mass is 379 g/mol. The Morgan fingerprint density at radius 1 is 1.07 bits per heavy atom. The van der Waals surface area contributed by atoms with Crippen molar-refractivity contribution in [1.82, 2.24) is 14.0 Å². The van der Waals surface area contributed by atoms with Crippen LogP contribution < -0.4 is 11.0 Å². The second kappa shape index (κ2) is 6.74. The van der Waals surface area contributed by atoms with Crippen LogP contribution in [0.3, 0.4) is 0 Å². The molecule has 0 aliphatic carbocycles. The summed E-state index contributed by atoms with van der Waals surface area (Å²) in [5, 5.41) is 11.0. The van der Waals surface area contributed by atoms with Crippen LogP contribution >= 0.6 is 11.6 Å². The van der Waals surface area contributed by atoms with Crippen LogP contribution in [0.4, 0.5) is 0 Å². The fourth-order valence-electron chi connectivity index (χ4n) is 2.97. The van der Waals surface area contributed by atoms with E-state index in [1.807, 2.05) is 6.07 Å². The predicted molar refractivity (Wildman–Crippen MR) is 103 cm³/mol. The molecular weight excluding hydrogens is 366 g/mol. The molecule has 0 bridgehead atoms. The summed E-state index contributed by atoms with van der Waals surface area (Å²) < 4.78 is 2.86. The zero-order valence-corrected chi connectivity index (χ0v) is 14.8. The third kappa shape index (κ3) is 3.11. The molecule has 1 aromatic carbocycles. The molecule has 0 spiro atoms. The maximum atomic E-state index is 12.8. The number of pyridine rings is 2. The second-order valence-corrected chi connectivity index (χ2v) is 6.49. The summed E-state index contributed by atoms with van der Waals surface area (Å²) in [7, 11) is 0. The number of rotatable bonds is 3. The third-order valence-electron chi connectivity index (χ3n) is 4.26. The molecule has 0 atom stereocenters. The molecule has 0 aliphatic rings. The number of aromatic nitrogens is 3. The van der Waals surface area contributed by atoms with Crippen molar-refractivity contribution >= 4 is 17.1 Å². The highest BCUT2D eigenvalue weighted by Crippen LogP contribution is 2.18. The normalized spacial score (nSPS) is 11.0. The zero-order valence-electron chi connectivity index (χ0n) is 14.0. The third-order valence-corrected chi connectivity index (χ3v) is 4.50. The first kappa shape index (κ1) is 17.1. The molecule has 0 unspecified atom stereocenters. The Kier molecular flexibility index (Phi) is 4.25. The minimum Gasteiger partial charge on any atom is -0.503 e. The maximum absolute atomic E-state index is 12.8. The average Bonchev–Trinajstić information content (AvgIpc) is 2.67. The molecule has 1 N–H and O–H groups in total.